The minimum absolute atomic E-state index is 0.386. The third-order valence-corrected chi connectivity index (χ3v) is 3.16. The zero-order valence-electron chi connectivity index (χ0n) is 8.14. The monoisotopic (exact) mass is 166 g/mol. The van der Waals surface area contributed by atoms with E-state index in [9.17, 15) is 0 Å². The molecule has 0 bridgehead atoms. The van der Waals surface area contributed by atoms with Gasteiger partial charge in [0, 0.05) is 18.5 Å². The van der Waals surface area contributed by atoms with Crippen molar-refractivity contribution in [1.82, 2.24) is 4.90 Å². The van der Waals surface area contributed by atoms with Crippen LogP contribution >= 0.6 is 0 Å². The highest BCUT2D eigenvalue weighted by atomic mass is 15.2. The van der Waals surface area contributed by atoms with E-state index in [4.69, 9.17) is 5.26 Å². The molecule has 0 heterocycles. The van der Waals surface area contributed by atoms with Crippen molar-refractivity contribution < 1.29 is 0 Å². The Morgan fingerprint density at radius 1 is 1.42 bits per heavy atom. The average molecular weight is 166 g/mol. The van der Waals surface area contributed by atoms with Gasteiger partial charge in [0.25, 0.3) is 0 Å². The summed E-state index contributed by atoms with van der Waals surface area (Å²) >= 11 is 0. The van der Waals surface area contributed by atoms with Crippen LogP contribution in [0.15, 0.2) is 0 Å². The van der Waals surface area contributed by atoms with Crippen LogP contribution in [0.4, 0.5) is 0 Å². The van der Waals surface area contributed by atoms with Gasteiger partial charge in [-0.1, -0.05) is 12.8 Å². The molecule has 0 aliphatic heterocycles. The molecule has 1 aliphatic rings. The Kier molecular flexibility index (Phi) is 3.11. The molecule has 1 fully saturated rings. The predicted octanol–water partition coefficient (Wildman–Crippen LogP) is 2.16. The second kappa shape index (κ2) is 3.91. The number of rotatable bonds is 3. The molecule has 2 heteroatoms. The zero-order chi connectivity index (χ0) is 9.03. The first kappa shape index (κ1) is 9.54. The van der Waals surface area contributed by atoms with Crippen LogP contribution in [-0.2, 0) is 0 Å². The molecule has 0 atom stereocenters. The van der Waals surface area contributed by atoms with E-state index in [0.717, 1.165) is 6.54 Å². The predicted molar refractivity (Wildman–Crippen MR) is 49.7 cm³/mol. The van der Waals surface area contributed by atoms with Crippen LogP contribution in [0, 0.1) is 11.3 Å². The van der Waals surface area contributed by atoms with Gasteiger partial charge >= 0.3 is 0 Å². The maximum Gasteiger partial charge on any atom is 0.0635 e. The minimum Gasteiger partial charge on any atom is -0.300 e. The van der Waals surface area contributed by atoms with Gasteiger partial charge in [-0.25, -0.2) is 0 Å². The molecule has 1 rings (SSSR count). The van der Waals surface area contributed by atoms with Crippen LogP contribution < -0.4 is 0 Å². The molecule has 0 unspecified atom stereocenters. The van der Waals surface area contributed by atoms with Gasteiger partial charge in [-0.3, -0.25) is 4.90 Å². The molecule has 0 amide bonds. The molecule has 2 nitrogen and oxygen atoms in total. The van der Waals surface area contributed by atoms with Gasteiger partial charge in [-0.15, -0.1) is 0 Å². The lowest BCUT2D eigenvalue weighted by Crippen LogP contribution is -2.41. The topological polar surface area (TPSA) is 27.0 Å². The van der Waals surface area contributed by atoms with Crippen LogP contribution in [0.2, 0.25) is 0 Å². The third-order valence-electron chi connectivity index (χ3n) is 3.16. The summed E-state index contributed by atoms with van der Waals surface area (Å²) < 4.78 is 0. The summed E-state index contributed by atoms with van der Waals surface area (Å²) in [6, 6.07) is 2.20. The molecule has 1 aliphatic carbocycles. The molecule has 0 spiro atoms. The van der Waals surface area contributed by atoms with Crippen LogP contribution in [0.3, 0.4) is 0 Å². The summed E-state index contributed by atoms with van der Waals surface area (Å²) in [5.41, 5.74) is 0.386. The van der Waals surface area contributed by atoms with E-state index in [-0.39, 0.29) is 0 Å². The van der Waals surface area contributed by atoms with Crippen LogP contribution in [0.5, 0.6) is 0 Å². The van der Waals surface area contributed by atoms with E-state index >= 15 is 0 Å². The summed E-state index contributed by atoms with van der Waals surface area (Å²) in [4.78, 5) is 2.35. The van der Waals surface area contributed by atoms with Gasteiger partial charge in [-0.05, 0) is 26.8 Å². The maximum atomic E-state index is 8.47. The van der Waals surface area contributed by atoms with Crippen molar-refractivity contribution in [2.45, 2.75) is 44.6 Å². The lowest BCUT2D eigenvalue weighted by atomic mass is 9.98. The fourth-order valence-electron chi connectivity index (χ4n) is 2.01. The molecule has 68 valence electrons. The van der Waals surface area contributed by atoms with Crippen molar-refractivity contribution in [2.75, 3.05) is 13.6 Å². The molecule has 12 heavy (non-hydrogen) atoms. The minimum atomic E-state index is 0.386. The van der Waals surface area contributed by atoms with E-state index in [1.165, 1.54) is 25.7 Å². The standard InChI is InChI=1S/C10H18N2/c1-10(6-3-4-7-10)12(2)9-5-8-11/h3-7,9H2,1-2H3. The van der Waals surface area contributed by atoms with Crippen molar-refractivity contribution in [1.29, 1.82) is 5.26 Å². The number of nitriles is 1. The van der Waals surface area contributed by atoms with E-state index in [1.807, 2.05) is 0 Å². The number of nitrogens with zero attached hydrogens (tertiary/aromatic N) is 2. The summed E-state index contributed by atoms with van der Waals surface area (Å²) in [7, 11) is 2.14. The molecule has 0 saturated heterocycles. The molecule has 0 aromatic rings. The van der Waals surface area contributed by atoms with Gasteiger partial charge in [0.2, 0.25) is 0 Å². The second-order valence-corrected chi connectivity index (χ2v) is 4.03. The van der Waals surface area contributed by atoms with Gasteiger partial charge < -0.3 is 0 Å². The SMILES string of the molecule is CN(CCC#N)C1(C)CCCC1. The number of hydrogen-bond donors (Lipinski definition) is 0. The van der Waals surface area contributed by atoms with Crippen molar-refractivity contribution in [3.8, 4) is 6.07 Å². The normalized spacial score (nSPS) is 21.2. The molecular formula is C10H18N2. The average Bonchev–Trinajstić information content (AvgIpc) is 2.49. The Labute approximate surface area is 75.2 Å². The van der Waals surface area contributed by atoms with Gasteiger partial charge in [-0.2, -0.15) is 5.26 Å². The summed E-state index contributed by atoms with van der Waals surface area (Å²) in [6.07, 6.45) is 5.97. The highest BCUT2D eigenvalue weighted by Crippen LogP contribution is 2.33. The lowest BCUT2D eigenvalue weighted by molar-refractivity contribution is 0.147. The number of hydrogen-bond acceptors (Lipinski definition) is 2. The summed E-state index contributed by atoms with van der Waals surface area (Å²) in [5, 5.41) is 8.47. The first-order valence-corrected chi connectivity index (χ1v) is 4.77. The van der Waals surface area contributed by atoms with Crippen molar-refractivity contribution >= 4 is 0 Å². The van der Waals surface area contributed by atoms with Gasteiger partial charge in [0.15, 0.2) is 0 Å². The van der Waals surface area contributed by atoms with Crippen molar-refractivity contribution in [2.24, 2.45) is 0 Å². The van der Waals surface area contributed by atoms with E-state index in [0.29, 0.717) is 12.0 Å². The summed E-state index contributed by atoms with van der Waals surface area (Å²) in [5.74, 6) is 0. The fourth-order valence-corrected chi connectivity index (χ4v) is 2.01. The quantitative estimate of drug-likeness (QED) is 0.642. The van der Waals surface area contributed by atoms with Gasteiger partial charge in [0.05, 0.1) is 6.07 Å². The highest BCUT2D eigenvalue weighted by Gasteiger charge is 2.31. The lowest BCUT2D eigenvalue weighted by Gasteiger charge is -2.34. The Morgan fingerprint density at radius 2 is 2.00 bits per heavy atom. The van der Waals surface area contributed by atoms with Crippen molar-refractivity contribution in [3.63, 3.8) is 0 Å². The largest absolute Gasteiger partial charge is 0.300 e. The smallest absolute Gasteiger partial charge is 0.0635 e. The van der Waals surface area contributed by atoms with Crippen LogP contribution in [0.25, 0.3) is 0 Å². The highest BCUT2D eigenvalue weighted by molar-refractivity contribution is 4.90. The van der Waals surface area contributed by atoms with E-state index in [1.54, 1.807) is 0 Å². The van der Waals surface area contributed by atoms with Gasteiger partial charge in [0.1, 0.15) is 0 Å². The van der Waals surface area contributed by atoms with E-state index in [2.05, 4.69) is 24.9 Å². The molecule has 0 radical (unpaired) electrons. The molecule has 0 aromatic carbocycles. The fraction of sp³-hybridized carbons (Fsp3) is 0.900. The first-order valence-electron chi connectivity index (χ1n) is 4.77. The Balaban J connectivity index is 2.39. The Bertz CT molecular complexity index is 175. The van der Waals surface area contributed by atoms with Crippen molar-refractivity contribution in [3.05, 3.63) is 0 Å². The molecule has 0 aromatic heterocycles. The first-order chi connectivity index (χ1) is 5.69. The molecule has 0 N–H and O–H groups in total. The Morgan fingerprint density at radius 3 is 2.50 bits per heavy atom. The zero-order valence-corrected chi connectivity index (χ0v) is 8.14. The Hall–Kier alpha value is -0.550. The van der Waals surface area contributed by atoms with Crippen LogP contribution in [0.1, 0.15) is 39.0 Å². The molecule has 1 saturated carbocycles. The second-order valence-electron chi connectivity index (χ2n) is 4.03. The summed E-state index contributed by atoms with van der Waals surface area (Å²) in [6.45, 7) is 3.24. The van der Waals surface area contributed by atoms with E-state index < -0.39 is 0 Å². The third kappa shape index (κ3) is 1.98. The maximum absolute atomic E-state index is 8.47. The molecular weight excluding hydrogens is 148 g/mol. The van der Waals surface area contributed by atoms with Crippen LogP contribution in [-0.4, -0.2) is 24.0 Å².